The second-order valence-corrected chi connectivity index (χ2v) is 14.4. The minimum atomic E-state index is -2.74. The number of hydrogen-bond acceptors (Lipinski definition) is 9. The van der Waals surface area contributed by atoms with Crippen molar-refractivity contribution < 1.29 is 36.0 Å². The Bertz CT molecular complexity index is 351. The van der Waals surface area contributed by atoms with Gasteiger partial charge in [0, 0.05) is 54.8 Å². The maximum Gasteiger partial charge on any atom is 0.572 e. The van der Waals surface area contributed by atoms with Crippen LogP contribution in [0, 0.1) is 0 Å². The summed E-state index contributed by atoms with van der Waals surface area (Å²) in [6.07, 6.45) is 2.95. The van der Waals surface area contributed by atoms with Crippen LogP contribution < -0.4 is 0 Å². The molecule has 26 heavy (non-hydrogen) atoms. The molecule has 0 bridgehead atoms. The summed E-state index contributed by atoms with van der Waals surface area (Å²) in [6.45, 7) is 2.18. The van der Waals surface area contributed by atoms with Gasteiger partial charge in [-0.2, -0.15) is 0 Å². The fourth-order valence-electron chi connectivity index (χ4n) is 2.81. The van der Waals surface area contributed by atoms with E-state index in [1.165, 1.54) is 0 Å². The Balaban J connectivity index is 2.54. The Morgan fingerprint density at radius 3 is 1.96 bits per heavy atom. The number of hydrogen-bond donors (Lipinski definition) is 0. The first-order chi connectivity index (χ1) is 12.5. The van der Waals surface area contributed by atoms with E-state index in [4.69, 9.17) is 36.0 Å². The van der Waals surface area contributed by atoms with Crippen LogP contribution in [0.1, 0.15) is 19.3 Å². The summed E-state index contributed by atoms with van der Waals surface area (Å²) in [5, 5.41) is 0. The molecule has 0 N–H and O–H groups in total. The molecule has 156 valence electrons. The van der Waals surface area contributed by atoms with Gasteiger partial charge in [0.15, 0.2) is 0 Å². The van der Waals surface area contributed by atoms with Gasteiger partial charge in [0.05, 0.1) is 13.2 Å². The van der Waals surface area contributed by atoms with Crippen molar-refractivity contribution in [3.63, 3.8) is 0 Å². The van der Waals surface area contributed by atoms with E-state index in [9.17, 15) is 0 Å². The summed E-state index contributed by atoms with van der Waals surface area (Å²) in [7, 11) is 4.40. The molecule has 0 aromatic rings. The maximum atomic E-state index is 5.71. The molecule has 1 fully saturated rings. The zero-order valence-corrected chi connectivity index (χ0v) is 19.6. The van der Waals surface area contributed by atoms with Gasteiger partial charge in [-0.25, -0.2) is 0 Å². The van der Waals surface area contributed by atoms with E-state index in [0.29, 0.717) is 19.3 Å². The van der Waals surface area contributed by atoms with Crippen molar-refractivity contribution in [3.05, 3.63) is 0 Å². The summed E-state index contributed by atoms with van der Waals surface area (Å²) >= 11 is 1.58. The van der Waals surface area contributed by atoms with Crippen LogP contribution in [0.15, 0.2) is 0 Å². The molecule has 2 unspecified atom stereocenters. The van der Waals surface area contributed by atoms with Crippen molar-refractivity contribution in [2.75, 3.05) is 68.2 Å². The van der Waals surface area contributed by atoms with E-state index in [0.717, 1.165) is 31.6 Å². The normalized spacial score (nSPS) is 18.9. The van der Waals surface area contributed by atoms with Gasteiger partial charge in [0.2, 0.25) is 0 Å². The van der Waals surface area contributed by atoms with Gasteiger partial charge < -0.3 is 36.0 Å². The highest BCUT2D eigenvalue weighted by atomic mass is 32.4. The van der Waals surface area contributed by atoms with E-state index in [2.05, 4.69) is 0 Å². The first-order valence-corrected chi connectivity index (χ1v) is 13.9. The molecule has 0 saturated carbocycles. The fourth-order valence-corrected chi connectivity index (χ4v) is 9.25. The lowest BCUT2D eigenvalue weighted by molar-refractivity contribution is 0.0969. The third-order valence-electron chi connectivity index (χ3n) is 4.40. The van der Waals surface area contributed by atoms with Crippen molar-refractivity contribution in [1.29, 1.82) is 0 Å². The van der Waals surface area contributed by atoms with Crippen LogP contribution in [0.25, 0.3) is 0 Å². The van der Waals surface area contributed by atoms with Crippen molar-refractivity contribution in [3.8, 4) is 0 Å². The van der Waals surface area contributed by atoms with Crippen LogP contribution in [0.5, 0.6) is 0 Å². The predicted molar refractivity (Wildman–Crippen MR) is 104 cm³/mol. The zero-order chi connectivity index (χ0) is 19.5. The SMILES string of the molecule is CO[Si](OC)(OC)SCCC(CCCOCC1CO1)[Si](OC)(OC)OC. The number of epoxide rings is 1. The van der Waals surface area contributed by atoms with Gasteiger partial charge in [-0.05, 0) is 25.0 Å². The first-order valence-electron chi connectivity index (χ1n) is 8.69. The molecular formula is C15H34O8SSi2. The molecule has 1 aliphatic heterocycles. The molecule has 2 atom stereocenters. The van der Waals surface area contributed by atoms with Crippen LogP contribution >= 0.6 is 11.2 Å². The standard InChI is InChI=1S/C15H34O8SSi2/c1-16-25(17-2,18-3)15(8-7-10-22-12-14-13-23-14)9-11-24-26(19-4,20-5)21-6/h14-15H,7-13H2,1-6H3. The lowest BCUT2D eigenvalue weighted by atomic mass is 10.2. The predicted octanol–water partition coefficient (Wildman–Crippen LogP) is 1.93. The topological polar surface area (TPSA) is 77.1 Å². The summed E-state index contributed by atoms with van der Waals surface area (Å²) in [5.41, 5.74) is 0.160. The van der Waals surface area contributed by atoms with E-state index in [-0.39, 0.29) is 5.54 Å². The molecule has 0 aromatic carbocycles. The van der Waals surface area contributed by atoms with Crippen LogP contribution in [-0.4, -0.2) is 91.1 Å². The summed E-state index contributed by atoms with van der Waals surface area (Å²) in [4.78, 5) is 0. The van der Waals surface area contributed by atoms with Crippen molar-refractivity contribution in [2.45, 2.75) is 30.9 Å². The van der Waals surface area contributed by atoms with Gasteiger partial charge in [-0.1, -0.05) is 11.2 Å². The van der Waals surface area contributed by atoms with E-state index in [1.54, 1.807) is 53.9 Å². The van der Waals surface area contributed by atoms with Gasteiger partial charge in [-0.15, -0.1) is 0 Å². The molecule has 8 nitrogen and oxygen atoms in total. The van der Waals surface area contributed by atoms with Crippen LogP contribution in [0.4, 0.5) is 0 Å². The molecule has 0 amide bonds. The third-order valence-corrected chi connectivity index (χ3v) is 13.1. The molecule has 1 rings (SSSR count). The highest BCUT2D eigenvalue weighted by molar-refractivity contribution is 8.26. The van der Waals surface area contributed by atoms with Gasteiger partial charge in [0.25, 0.3) is 0 Å². The first kappa shape index (κ1) is 24.5. The quantitative estimate of drug-likeness (QED) is 0.195. The minimum Gasteiger partial charge on any atom is -0.379 e. The zero-order valence-electron chi connectivity index (χ0n) is 16.8. The Hall–Kier alpha value is 0.464. The largest absolute Gasteiger partial charge is 0.572 e. The molecular weight excluding hydrogens is 396 g/mol. The molecule has 11 heteroatoms. The fraction of sp³-hybridized carbons (Fsp3) is 1.00. The second kappa shape index (κ2) is 12.8. The van der Waals surface area contributed by atoms with Gasteiger partial charge in [-0.3, -0.25) is 0 Å². The summed E-state index contributed by atoms with van der Waals surface area (Å²) in [5.74, 6) is 0.800. The third kappa shape index (κ3) is 7.47. The monoisotopic (exact) mass is 430 g/mol. The number of ether oxygens (including phenoxy) is 2. The summed E-state index contributed by atoms with van der Waals surface area (Å²) in [6, 6.07) is 0. The second-order valence-electron chi connectivity index (χ2n) is 5.83. The maximum absolute atomic E-state index is 5.71. The van der Waals surface area contributed by atoms with E-state index >= 15 is 0 Å². The lowest BCUT2D eigenvalue weighted by Gasteiger charge is -2.33. The highest BCUT2D eigenvalue weighted by Crippen LogP contribution is 2.35. The van der Waals surface area contributed by atoms with Crippen molar-refractivity contribution in [1.82, 2.24) is 0 Å². The average molecular weight is 431 g/mol. The highest BCUT2D eigenvalue weighted by Gasteiger charge is 2.47. The molecule has 0 spiro atoms. The Morgan fingerprint density at radius 2 is 1.50 bits per heavy atom. The molecule has 1 saturated heterocycles. The molecule has 0 aromatic heterocycles. The minimum absolute atomic E-state index is 0.160. The molecule has 1 aliphatic rings. The van der Waals surface area contributed by atoms with Crippen molar-refractivity contribution in [2.24, 2.45) is 0 Å². The van der Waals surface area contributed by atoms with Gasteiger partial charge in [0.1, 0.15) is 6.10 Å². The van der Waals surface area contributed by atoms with Crippen molar-refractivity contribution >= 4 is 28.0 Å². The van der Waals surface area contributed by atoms with E-state index < -0.39 is 16.8 Å². The Morgan fingerprint density at radius 1 is 0.923 bits per heavy atom. The van der Waals surface area contributed by atoms with Crippen LogP contribution in [0.2, 0.25) is 5.54 Å². The molecule has 1 heterocycles. The van der Waals surface area contributed by atoms with Gasteiger partial charge >= 0.3 is 16.8 Å². The van der Waals surface area contributed by atoms with Crippen LogP contribution in [0.3, 0.4) is 0 Å². The average Bonchev–Trinajstić information content (AvgIpc) is 3.51. The Labute approximate surface area is 163 Å². The number of rotatable bonds is 17. The lowest BCUT2D eigenvalue weighted by Crippen LogP contribution is -2.48. The smallest absolute Gasteiger partial charge is 0.379 e. The molecule has 0 aliphatic carbocycles. The van der Waals surface area contributed by atoms with Crippen LogP contribution in [-0.2, 0) is 36.0 Å². The summed E-state index contributed by atoms with van der Waals surface area (Å²) < 4.78 is 44.3. The molecule has 0 radical (unpaired) electrons. The van der Waals surface area contributed by atoms with E-state index in [1.807, 2.05) is 0 Å². The Kier molecular flexibility index (Phi) is 12.1.